The molecule has 1 aliphatic rings. The van der Waals surface area contributed by atoms with Crippen molar-refractivity contribution < 1.29 is 19.4 Å². The van der Waals surface area contributed by atoms with Gasteiger partial charge in [0.05, 0.1) is 12.0 Å². The van der Waals surface area contributed by atoms with Gasteiger partial charge in [0.1, 0.15) is 10.1 Å². The molecule has 1 aromatic carbocycles. The maximum Gasteiger partial charge on any atom is 0.303 e. The number of ether oxygens (including phenoxy) is 1. The topological polar surface area (TPSA) is 66.8 Å². The molecule has 8 heteroatoms. The number of aliphatic carboxylic acids is 1. The summed E-state index contributed by atoms with van der Waals surface area (Å²) in [4.78, 5) is 27.3. The van der Waals surface area contributed by atoms with Gasteiger partial charge < -0.3 is 9.84 Å². The zero-order chi connectivity index (χ0) is 19.4. The van der Waals surface area contributed by atoms with E-state index in [1.807, 2.05) is 42.5 Å². The normalized spacial score (nSPS) is 15.6. The van der Waals surface area contributed by atoms with E-state index in [9.17, 15) is 9.59 Å². The summed E-state index contributed by atoms with van der Waals surface area (Å²) >= 11 is 8.11. The van der Waals surface area contributed by atoms with E-state index in [1.54, 1.807) is 18.4 Å². The lowest BCUT2D eigenvalue weighted by atomic mass is 10.2. The quantitative estimate of drug-likeness (QED) is 0.527. The number of benzene rings is 1. The summed E-state index contributed by atoms with van der Waals surface area (Å²) in [6, 6.07) is 11.8. The molecule has 0 radical (unpaired) electrons. The van der Waals surface area contributed by atoms with Gasteiger partial charge in [-0.2, -0.15) is 0 Å². The first-order chi connectivity index (χ1) is 13.0. The maximum atomic E-state index is 12.5. The molecule has 5 nitrogen and oxygen atoms in total. The molecule has 2 aromatic rings. The highest BCUT2D eigenvalue weighted by molar-refractivity contribution is 8.26. The molecule has 0 bridgehead atoms. The van der Waals surface area contributed by atoms with Crippen LogP contribution < -0.4 is 4.74 Å². The molecular formula is C19H17NO4S3. The van der Waals surface area contributed by atoms with Gasteiger partial charge in [0.15, 0.2) is 0 Å². The van der Waals surface area contributed by atoms with Crippen LogP contribution >= 0.6 is 35.3 Å². The molecule has 3 rings (SSSR count). The van der Waals surface area contributed by atoms with Crippen LogP contribution in [0.5, 0.6) is 5.75 Å². The molecular weight excluding hydrogens is 402 g/mol. The number of methoxy groups -OCH3 is 1. The average Bonchev–Trinajstić information content (AvgIpc) is 3.22. The Kier molecular flexibility index (Phi) is 6.30. The summed E-state index contributed by atoms with van der Waals surface area (Å²) in [6.45, 7) is 0.329. The molecule has 0 atom stereocenters. The summed E-state index contributed by atoms with van der Waals surface area (Å²) in [5.41, 5.74) is 1.08. The van der Waals surface area contributed by atoms with Crippen LogP contribution in [0, 0.1) is 0 Å². The van der Waals surface area contributed by atoms with E-state index in [4.69, 9.17) is 22.1 Å². The largest absolute Gasteiger partial charge is 0.497 e. The van der Waals surface area contributed by atoms with E-state index in [1.165, 1.54) is 16.7 Å². The van der Waals surface area contributed by atoms with Crippen molar-refractivity contribution in [3.63, 3.8) is 0 Å². The number of carbonyl (C=O) groups is 2. The number of thiophene rings is 1. The van der Waals surface area contributed by atoms with Gasteiger partial charge in [0, 0.05) is 22.7 Å². The number of amides is 1. The first-order valence-electron chi connectivity index (χ1n) is 8.19. The molecule has 0 saturated carbocycles. The maximum absolute atomic E-state index is 12.5. The van der Waals surface area contributed by atoms with E-state index in [0.29, 0.717) is 22.2 Å². The SMILES string of the molecule is COc1ccc(-c2ccc(C=C3SC(=S)N(CCCC(=O)O)C3=O)s2)cc1. The number of thiocarbonyl (C=S) groups is 1. The highest BCUT2D eigenvalue weighted by Crippen LogP contribution is 2.36. The number of rotatable bonds is 7. The summed E-state index contributed by atoms with van der Waals surface area (Å²) < 4.78 is 5.65. The number of hydrogen-bond donors (Lipinski definition) is 1. The Hall–Kier alpha value is -2.16. The van der Waals surface area contributed by atoms with Crippen molar-refractivity contribution in [3.8, 4) is 16.2 Å². The number of hydrogen-bond acceptors (Lipinski definition) is 6. The third kappa shape index (κ3) is 4.77. The predicted octanol–water partition coefficient (Wildman–Crippen LogP) is 4.49. The van der Waals surface area contributed by atoms with Crippen LogP contribution in [0.3, 0.4) is 0 Å². The first kappa shape index (κ1) is 19.6. The van der Waals surface area contributed by atoms with E-state index in [0.717, 1.165) is 21.1 Å². The minimum Gasteiger partial charge on any atom is -0.497 e. The Morgan fingerprint density at radius 1 is 1.26 bits per heavy atom. The summed E-state index contributed by atoms with van der Waals surface area (Å²) in [5, 5.41) is 8.73. The summed E-state index contributed by atoms with van der Waals surface area (Å²) in [5.74, 6) is -0.225. The van der Waals surface area contributed by atoms with Crippen molar-refractivity contribution in [1.29, 1.82) is 0 Å². The fraction of sp³-hybridized carbons (Fsp3) is 0.211. The third-order valence-corrected chi connectivity index (χ3v) is 6.38. The van der Waals surface area contributed by atoms with Crippen molar-refractivity contribution in [2.45, 2.75) is 12.8 Å². The van der Waals surface area contributed by atoms with E-state index in [-0.39, 0.29) is 12.3 Å². The smallest absolute Gasteiger partial charge is 0.303 e. The minimum absolute atomic E-state index is 0.0201. The molecule has 27 heavy (non-hydrogen) atoms. The highest BCUT2D eigenvalue weighted by Gasteiger charge is 2.31. The molecule has 1 amide bonds. The molecule has 0 aliphatic carbocycles. The van der Waals surface area contributed by atoms with Crippen LogP contribution in [0.2, 0.25) is 0 Å². The zero-order valence-corrected chi connectivity index (χ0v) is 17.0. The second-order valence-electron chi connectivity index (χ2n) is 5.76. The Morgan fingerprint density at radius 3 is 2.67 bits per heavy atom. The fourth-order valence-electron chi connectivity index (χ4n) is 2.55. The van der Waals surface area contributed by atoms with Gasteiger partial charge in [-0.3, -0.25) is 14.5 Å². The van der Waals surface area contributed by atoms with Gasteiger partial charge in [0.25, 0.3) is 5.91 Å². The second kappa shape index (κ2) is 8.69. The van der Waals surface area contributed by atoms with Crippen LogP contribution in [0.4, 0.5) is 0 Å². The molecule has 1 saturated heterocycles. The monoisotopic (exact) mass is 419 g/mol. The Bertz CT molecular complexity index is 902. The Balaban J connectivity index is 1.71. The molecule has 1 aliphatic heterocycles. The van der Waals surface area contributed by atoms with Crippen molar-refractivity contribution in [3.05, 3.63) is 46.2 Å². The minimum atomic E-state index is -0.874. The molecule has 140 valence electrons. The van der Waals surface area contributed by atoms with Crippen molar-refractivity contribution >= 4 is 57.6 Å². The van der Waals surface area contributed by atoms with Crippen LogP contribution in [-0.2, 0) is 9.59 Å². The van der Waals surface area contributed by atoms with E-state index >= 15 is 0 Å². The number of carboxylic acid groups (broad SMARTS) is 1. The van der Waals surface area contributed by atoms with E-state index < -0.39 is 5.97 Å². The molecule has 0 spiro atoms. The van der Waals surface area contributed by atoms with Crippen LogP contribution in [0.25, 0.3) is 16.5 Å². The molecule has 2 heterocycles. The van der Waals surface area contributed by atoms with Crippen molar-refractivity contribution in [2.75, 3.05) is 13.7 Å². The van der Waals surface area contributed by atoms with Gasteiger partial charge in [-0.05, 0) is 54.5 Å². The molecule has 1 fully saturated rings. The Labute approximate surface area is 170 Å². The number of thioether (sulfide) groups is 1. The lowest BCUT2D eigenvalue weighted by Crippen LogP contribution is -2.29. The number of nitrogens with zero attached hydrogens (tertiary/aromatic N) is 1. The predicted molar refractivity (Wildman–Crippen MR) is 113 cm³/mol. The van der Waals surface area contributed by atoms with Crippen LogP contribution in [-0.4, -0.2) is 39.9 Å². The summed E-state index contributed by atoms with van der Waals surface area (Å²) in [6.07, 6.45) is 2.25. The van der Waals surface area contributed by atoms with Crippen molar-refractivity contribution in [2.24, 2.45) is 0 Å². The second-order valence-corrected chi connectivity index (χ2v) is 8.55. The number of carbonyl (C=O) groups excluding carboxylic acids is 1. The fourth-order valence-corrected chi connectivity index (χ4v) is 4.88. The standard InChI is InChI=1S/C19H17NO4S3/c1-24-13-6-4-12(5-7-13)15-9-8-14(26-15)11-16-18(23)20(19(25)27-16)10-2-3-17(21)22/h4-9,11H,2-3,10H2,1H3,(H,21,22). The van der Waals surface area contributed by atoms with Gasteiger partial charge in [-0.15, -0.1) is 11.3 Å². The lowest BCUT2D eigenvalue weighted by molar-refractivity contribution is -0.137. The zero-order valence-electron chi connectivity index (χ0n) is 14.5. The third-order valence-electron chi connectivity index (χ3n) is 3.92. The van der Waals surface area contributed by atoms with Crippen LogP contribution in [0.1, 0.15) is 17.7 Å². The van der Waals surface area contributed by atoms with Gasteiger partial charge in [0.2, 0.25) is 0 Å². The summed E-state index contributed by atoms with van der Waals surface area (Å²) in [7, 11) is 1.64. The van der Waals surface area contributed by atoms with Crippen molar-refractivity contribution in [1.82, 2.24) is 4.90 Å². The first-order valence-corrected chi connectivity index (χ1v) is 10.2. The average molecular weight is 420 g/mol. The molecule has 0 unspecified atom stereocenters. The van der Waals surface area contributed by atoms with Gasteiger partial charge in [-0.25, -0.2) is 0 Å². The number of carboxylic acids is 1. The lowest BCUT2D eigenvalue weighted by Gasteiger charge is -2.13. The highest BCUT2D eigenvalue weighted by atomic mass is 32.2. The Morgan fingerprint density at radius 2 is 2.00 bits per heavy atom. The molecule has 1 aromatic heterocycles. The van der Waals surface area contributed by atoms with Gasteiger partial charge >= 0.3 is 5.97 Å². The van der Waals surface area contributed by atoms with Gasteiger partial charge in [-0.1, -0.05) is 24.0 Å². The van der Waals surface area contributed by atoms with Crippen LogP contribution in [0.15, 0.2) is 41.3 Å². The van der Waals surface area contributed by atoms with E-state index in [2.05, 4.69) is 0 Å². The molecule has 1 N–H and O–H groups in total.